The van der Waals surface area contributed by atoms with Crippen LogP contribution in [-0.2, 0) is 14.8 Å². The fourth-order valence-corrected chi connectivity index (χ4v) is 5.77. The SMILES string of the molecule is Cc1nc(-c2ccc(C)c(S(=O)(=O)N3CCC(C(=O)Nc4cccc(C)c4C)CC3)c2)no1. The highest BCUT2D eigenvalue weighted by molar-refractivity contribution is 7.89. The van der Waals surface area contributed by atoms with Crippen LogP contribution in [0.1, 0.15) is 35.4 Å². The molecule has 1 amide bonds. The number of piperidine rings is 1. The van der Waals surface area contributed by atoms with Gasteiger partial charge >= 0.3 is 0 Å². The molecule has 1 fully saturated rings. The quantitative estimate of drug-likeness (QED) is 0.607. The van der Waals surface area contributed by atoms with Crippen LogP contribution in [0, 0.1) is 33.6 Å². The fraction of sp³-hybridized carbons (Fsp3) is 0.375. The lowest BCUT2D eigenvalue weighted by Crippen LogP contribution is -2.41. The van der Waals surface area contributed by atoms with Gasteiger partial charge in [0, 0.05) is 37.2 Å². The molecule has 0 spiro atoms. The molecular formula is C24H28N4O4S. The summed E-state index contributed by atoms with van der Waals surface area (Å²) in [5.41, 5.74) is 4.19. The summed E-state index contributed by atoms with van der Waals surface area (Å²) < 4.78 is 33.3. The van der Waals surface area contributed by atoms with E-state index in [0.29, 0.717) is 35.7 Å². The predicted octanol–water partition coefficient (Wildman–Crippen LogP) is 4.01. The molecule has 1 aliphatic rings. The summed E-state index contributed by atoms with van der Waals surface area (Å²) in [6.45, 7) is 8.01. The maximum atomic E-state index is 13.4. The highest BCUT2D eigenvalue weighted by Crippen LogP contribution is 2.29. The number of aromatic nitrogens is 2. The van der Waals surface area contributed by atoms with E-state index < -0.39 is 10.0 Å². The predicted molar refractivity (Wildman–Crippen MR) is 125 cm³/mol. The number of anilines is 1. The number of nitrogens with one attached hydrogen (secondary N) is 1. The lowest BCUT2D eigenvalue weighted by atomic mass is 9.97. The Kier molecular flexibility index (Phi) is 6.36. The summed E-state index contributed by atoms with van der Waals surface area (Å²) in [4.78, 5) is 17.2. The van der Waals surface area contributed by atoms with Crippen molar-refractivity contribution in [2.24, 2.45) is 5.92 Å². The summed E-state index contributed by atoms with van der Waals surface area (Å²) in [5, 5.41) is 6.90. The van der Waals surface area contributed by atoms with Crippen LogP contribution in [-0.4, -0.2) is 41.9 Å². The minimum Gasteiger partial charge on any atom is -0.339 e. The minimum absolute atomic E-state index is 0.0635. The van der Waals surface area contributed by atoms with E-state index >= 15 is 0 Å². The van der Waals surface area contributed by atoms with Gasteiger partial charge in [0.1, 0.15) is 0 Å². The van der Waals surface area contributed by atoms with Gasteiger partial charge in [-0.2, -0.15) is 9.29 Å². The summed E-state index contributed by atoms with van der Waals surface area (Å²) >= 11 is 0. The molecule has 2 aromatic carbocycles. The van der Waals surface area contributed by atoms with Gasteiger partial charge in [0.05, 0.1) is 4.90 Å². The number of rotatable bonds is 5. The Morgan fingerprint density at radius 3 is 2.45 bits per heavy atom. The first kappa shape index (κ1) is 23.1. The molecule has 0 aliphatic carbocycles. The van der Waals surface area contributed by atoms with Crippen LogP contribution >= 0.6 is 0 Å². The van der Waals surface area contributed by atoms with E-state index in [4.69, 9.17) is 4.52 Å². The smallest absolute Gasteiger partial charge is 0.243 e. The molecule has 9 heteroatoms. The third-order valence-corrected chi connectivity index (χ3v) is 8.32. The lowest BCUT2D eigenvalue weighted by molar-refractivity contribution is -0.120. The van der Waals surface area contributed by atoms with Gasteiger partial charge in [-0.15, -0.1) is 0 Å². The summed E-state index contributed by atoms with van der Waals surface area (Å²) in [7, 11) is -3.72. The summed E-state index contributed by atoms with van der Waals surface area (Å²) in [5.74, 6) is 0.472. The molecule has 2 heterocycles. The van der Waals surface area contributed by atoms with Crippen molar-refractivity contribution in [3.05, 3.63) is 59.0 Å². The standard InChI is InChI=1S/C24H28N4O4S/c1-15-6-5-7-21(17(15)3)26-24(29)19-10-12-28(13-11-19)33(30,31)22-14-20(9-8-16(22)2)23-25-18(4)32-27-23/h5-9,14,19H,10-13H2,1-4H3,(H,26,29). The highest BCUT2D eigenvalue weighted by atomic mass is 32.2. The van der Waals surface area contributed by atoms with Crippen LogP contribution in [0.5, 0.6) is 0 Å². The van der Waals surface area contributed by atoms with Gasteiger partial charge in [0.25, 0.3) is 0 Å². The molecule has 0 unspecified atom stereocenters. The monoisotopic (exact) mass is 468 g/mol. The largest absolute Gasteiger partial charge is 0.339 e. The zero-order valence-electron chi connectivity index (χ0n) is 19.3. The molecule has 1 aliphatic heterocycles. The molecule has 8 nitrogen and oxygen atoms in total. The van der Waals surface area contributed by atoms with Crippen molar-refractivity contribution >= 4 is 21.6 Å². The number of nitrogens with zero attached hydrogens (tertiary/aromatic N) is 3. The summed E-state index contributed by atoms with van der Waals surface area (Å²) in [6, 6.07) is 10.9. The molecule has 1 aromatic heterocycles. The molecule has 174 valence electrons. The fourth-order valence-electron chi connectivity index (χ4n) is 4.05. The number of hydrogen-bond acceptors (Lipinski definition) is 6. The van der Waals surface area contributed by atoms with Gasteiger partial charge in [-0.3, -0.25) is 4.79 Å². The second-order valence-electron chi connectivity index (χ2n) is 8.53. The number of hydrogen-bond donors (Lipinski definition) is 1. The van der Waals surface area contributed by atoms with Gasteiger partial charge in [-0.1, -0.05) is 29.4 Å². The normalized spacial score (nSPS) is 15.5. The van der Waals surface area contributed by atoms with Gasteiger partial charge in [-0.05, 0) is 62.4 Å². The number of amides is 1. The highest BCUT2D eigenvalue weighted by Gasteiger charge is 2.33. The summed E-state index contributed by atoms with van der Waals surface area (Å²) in [6.07, 6.45) is 0.942. The third-order valence-electron chi connectivity index (χ3n) is 6.28. The first-order valence-electron chi connectivity index (χ1n) is 11.0. The molecule has 1 saturated heterocycles. The van der Waals surface area contributed by atoms with Crippen LogP contribution in [0.25, 0.3) is 11.4 Å². The van der Waals surface area contributed by atoms with E-state index in [2.05, 4.69) is 15.5 Å². The van der Waals surface area contributed by atoms with E-state index in [9.17, 15) is 13.2 Å². The van der Waals surface area contributed by atoms with Gasteiger partial charge in [0.2, 0.25) is 27.6 Å². The minimum atomic E-state index is -3.72. The average molecular weight is 469 g/mol. The van der Waals surface area contributed by atoms with Crippen LogP contribution in [0.15, 0.2) is 45.8 Å². The van der Waals surface area contributed by atoms with Crippen LogP contribution < -0.4 is 5.32 Å². The maximum absolute atomic E-state index is 13.4. The number of benzene rings is 2. The molecule has 0 atom stereocenters. The Morgan fingerprint density at radius 2 is 1.79 bits per heavy atom. The van der Waals surface area contributed by atoms with E-state index in [1.54, 1.807) is 32.0 Å². The second kappa shape index (κ2) is 9.07. The van der Waals surface area contributed by atoms with Crippen molar-refractivity contribution in [1.29, 1.82) is 0 Å². The first-order chi connectivity index (χ1) is 15.7. The van der Waals surface area contributed by atoms with E-state index in [0.717, 1.165) is 16.8 Å². The third kappa shape index (κ3) is 4.69. The first-order valence-corrected chi connectivity index (χ1v) is 12.4. The Balaban J connectivity index is 1.47. The maximum Gasteiger partial charge on any atom is 0.243 e. The van der Waals surface area contributed by atoms with Gasteiger partial charge < -0.3 is 9.84 Å². The lowest BCUT2D eigenvalue weighted by Gasteiger charge is -2.31. The number of carbonyl (C=O) groups is 1. The van der Waals surface area contributed by atoms with Crippen molar-refractivity contribution in [2.45, 2.75) is 45.4 Å². The van der Waals surface area contributed by atoms with Crippen molar-refractivity contribution in [3.63, 3.8) is 0 Å². The number of carbonyl (C=O) groups excluding carboxylic acids is 1. The van der Waals surface area contributed by atoms with Crippen molar-refractivity contribution in [2.75, 3.05) is 18.4 Å². The Hall–Kier alpha value is -3.04. The molecule has 3 aromatic rings. The molecule has 0 saturated carbocycles. The van der Waals surface area contributed by atoms with Crippen molar-refractivity contribution in [1.82, 2.24) is 14.4 Å². The average Bonchev–Trinajstić information content (AvgIpc) is 3.23. The van der Waals surface area contributed by atoms with Crippen molar-refractivity contribution in [3.8, 4) is 11.4 Å². The van der Waals surface area contributed by atoms with E-state index in [1.807, 2.05) is 32.0 Å². The van der Waals surface area contributed by atoms with Gasteiger partial charge in [-0.25, -0.2) is 8.42 Å². The second-order valence-corrected chi connectivity index (χ2v) is 10.4. The van der Waals surface area contributed by atoms with E-state index in [-0.39, 0.29) is 29.8 Å². The number of sulfonamides is 1. The van der Waals surface area contributed by atoms with Crippen LogP contribution in [0.2, 0.25) is 0 Å². The van der Waals surface area contributed by atoms with E-state index in [1.165, 1.54) is 4.31 Å². The van der Waals surface area contributed by atoms with Gasteiger partial charge in [0.15, 0.2) is 0 Å². The Labute approximate surface area is 194 Å². The number of aryl methyl sites for hydroxylation is 3. The zero-order valence-corrected chi connectivity index (χ0v) is 20.1. The van der Waals surface area contributed by atoms with Crippen molar-refractivity contribution < 1.29 is 17.7 Å². The molecule has 1 N–H and O–H groups in total. The zero-order chi connectivity index (χ0) is 23.8. The van der Waals surface area contributed by atoms with Crippen LogP contribution in [0.4, 0.5) is 5.69 Å². The Bertz CT molecular complexity index is 1290. The molecule has 4 rings (SSSR count). The molecule has 0 radical (unpaired) electrons. The molecule has 33 heavy (non-hydrogen) atoms. The molecule has 0 bridgehead atoms. The molecular weight excluding hydrogens is 440 g/mol. The Morgan fingerprint density at radius 1 is 1.06 bits per heavy atom. The topological polar surface area (TPSA) is 105 Å². The van der Waals surface area contributed by atoms with Crippen LogP contribution in [0.3, 0.4) is 0 Å².